The van der Waals surface area contributed by atoms with Crippen LogP contribution in [0.25, 0.3) is 0 Å². The van der Waals surface area contributed by atoms with Gasteiger partial charge < -0.3 is 20.9 Å². The van der Waals surface area contributed by atoms with Gasteiger partial charge in [-0.15, -0.1) is 0 Å². The molecule has 34 heavy (non-hydrogen) atoms. The van der Waals surface area contributed by atoms with Gasteiger partial charge in [0.1, 0.15) is 5.82 Å². The predicted molar refractivity (Wildman–Crippen MR) is 140 cm³/mol. The molecule has 178 valence electrons. The molecule has 0 atom stereocenters. The SMILES string of the molecule is Cc1c(Cl)cccc1Nc1ccccc1C(=O)Nc1cc(Cl)c(N2CCNC(C)(C)C2)cc1F. The number of amides is 1. The first-order chi connectivity index (χ1) is 16.1. The van der Waals surface area contributed by atoms with Crippen molar-refractivity contribution in [2.45, 2.75) is 26.3 Å². The van der Waals surface area contributed by atoms with E-state index < -0.39 is 11.7 Å². The molecular weight excluding hydrogens is 474 g/mol. The molecule has 0 aromatic heterocycles. The van der Waals surface area contributed by atoms with Gasteiger partial charge in [0.2, 0.25) is 0 Å². The van der Waals surface area contributed by atoms with Crippen LogP contribution in [0.5, 0.6) is 0 Å². The third kappa shape index (κ3) is 5.30. The largest absolute Gasteiger partial charge is 0.367 e. The standard InChI is InChI=1S/C26H27Cl2FN4O/c1-16-18(27)8-6-10-21(16)31-22-9-5-4-7-17(22)25(34)32-23-13-19(28)24(14-20(23)29)33-12-11-30-26(2,3)15-33/h4-10,13-14,30-31H,11-12,15H2,1-3H3,(H,32,34). The number of para-hydroxylation sites is 1. The van der Waals surface area contributed by atoms with Crippen molar-refractivity contribution in [3.05, 3.63) is 81.6 Å². The number of rotatable bonds is 5. The lowest BCUT2D eigenvalue weighted by Gasteiger charge is -2.40. The normalized spacial score (nSPS) is 15.2. The van der Waals surface area contributed by atoms with Crippen LogP contribution in [0, 0.1) is 12.7 Å². The predicted octanol–water partition coefficient (Wildman–Crippen LogP) is 6.63. The maximum atomic E-state index is 15.1. The van der Waals surface area contributed by atoms with Crippen LogP contribution in [0.2, 0.25) is 10.0 Å². The van der Waals surface area contributed by atoms with E-state index in [1.807, 2.05) is 25.1 Å². The maximum absolute atomic E-state index is 15.1. The van der Waals surface area contributed by atoms with Gasteiger partial charge in [-0.1, -0.05) is 41.4 Å². The Kier molecular flexibility index (Phi) is 7.03. The van der Waals surface area contributed by atoms with Gasteiger partial charge in [0.05, 0.1) is 27.6 Å². The Morgan fingerprint density at radius 2 is 1.76 bits per heavy atom. The van der Waals surface area contributed by atoms with E-state index in [-0.39, 0.29) is 11.2 Å². The van der Waals surface area contributed by atoms with Gasteiger partial charge in [-0.2, -0.15) is 0 Å². The summed E-state index contributed by atoms with van der Waals surface area (Å²) in [4.78, 5) is 15.2. The fourth-order valence-electron chi connectivity index (χ4n) is 4.09. The second kappa shape index (κ2) is 9.82. The van der Waals surface area contributed by atoms with Gasteiger partial charge in [0.25, 0.3) is 5.91 Å². The van der Waals surface area contributed by atoms with Gasteiger partial charge in [-0.3, -0.25) is 4.79 Å². The Balaban J connectivity index is 1.57. The zero-order valence-corrected chi connectivity index (χ0v) is 20.8. The third-order valence-corrected chi connectivity index (χ3v) is 6.62. The molecular formula is C26H27Cl2FN4O. The van der Waals surface area contributed by atoms with Crippen molar-refractivity contribution in [3.63, 3.8) is 0 Å². The number of anilines is 4. The Hall–Kier alpha value is -2.80. The topological polar surface area (TPSA) is 56.4 Å². The van der Waals surface area contributed by atoms with Crippen molar-refractivity contribution in [2.75, 3.05) is 35.2 Å². The monoisotopic (exact) mass is 500 g/mol. The molecule has 1 heterocycles. The fourth-order valence-corrected chi connectivity index (χ4v) is 4.55. The van der Waals surface area contributed by atoms with Crippen molar-refractivity contribution >= 4 is 51.9 Å². The Morgan fingerprint density at radius 1 is 1.03 bits per heavy atom. The van der Waals surface area contributed by atoms with Crippen molar-refractivity contribution in [3.8, 4) is 0 Å². The van der Waals surface area contributed by atoms with E-state index in [9.17, 15) is 4.79 Å². The number of nitrogens with one attached hydrogen (secondary N) is 3. The molecule has 8 heteroatoms. The number of nitrogens with zero attached hydrogens (tertiary/aromatic N) is 1. The first kappa shape index (κ1) is 24.3. The van der Waals surface area contributed by atoms with Crippen molar-refractivity contribution in [1.82, 2.24) is 5.32 Å². The minimum absolute atomic E-state index is 0.0295. The molecule has 0 spiro atoms. The van der Waals surface area contributed by atoms with E-state index >= 15 is 4.39 Å². The molecule has 4 rings (SSSR count). The summed E-state index contributed by atoms with van der Waals surface area (Å²) >= 11 is 12.7. The molecule has 3 aromatic carbocycles. The van der Waals surface area contributed by atoms with Crippen LogP contribution >= 0.6 is 23.2 Å². The highest BCUT2D eigenvalue weighted by molar-refractivity contribution is 6.33. The number of hydrogen-bond acceptors (Lipinski definition) is 4. The van der Waals surface area contributed by atoms with Gasteiger partial charge in [0.15, 0.2) is 0 Å². The second-order valence-corrected chi connectivity index (χ2v) is 9.87. The van der Waals surface area contributed by atoms with Gasteiger partial charge in [-0.05, 0) is 56.7 Å². The van der Waals surface area contributed by atoms with Crippen LogP contribution in [0.4, 0.5) is 27.1 Å². The van der Waals surface area contributed by atoms with Crippen molar-refractivity contribution < 1.29 is 9.18 Å². The molecule has 1 aliphatic rings. The fraction of sp³-hybridized carbons (Fsp3) is 0.269. The summed E-state index contributed by atoms with van der Waals surface area (Å²) in [7, 11) is 0. The lowest BCUT2D eigenvalue weighted by molar-refractivity contribution is 0.102. The zero-order chi connectivity index (χ0) is 24.5. The van der Waals surface area contributed by atoms with Gasteiger partial charge in [-0.25, -0.2) is 4.39 Å². The van der Waals surface area contributed by atoms with Crippen LogP contribution in [0.3, 0.4) is 0 Å². The van der Waals surface area contributed by atoms with Gasteiger partial charge in [0, 0.05) is 41.9 Å². The van der Waals surface area contributed by atoms with Crippen LogP contribution in [0.1, 0.15) is 29.8 Å². The van der Waals surface area contributed by atoms with Crippen LogP contribution in [-0.2, 0) is 0 Å². The smallest absolute Gasteiger partial charge is 0.257 e. The summed E-state index contributed by atoms with van der Waals surface area (Å²) in [5, 5.41) is 10.4. The summed E-state index contributed by atoms with van der Waals surface area (Å²) in [6.07, 6.45) is 0. The minimum Gasteiger partial charge on any atom is -0.367 e. The number of benzene rings is 3. The minimum atomic E-state index is -0.541. The molecule has 3 N–H and O–H groups in total. The Labute approximate surface area is 209 Å². The quantitative estimate of drug-likeness (QED) is 0.368. The summed E-state index contributed by atoms with van der Waals surface area (Å²) in [5.41, 5.74) is 3.13. The Bertz CT molecular complexity index is 1230. The molecule has 0 unspecified atom stereocenters. The highest BCUT2D eigenvalue weighted by atomic mass is 35.5. The van der Waals surface area contributed by atoms with E-state index in [1.54, 1.807) is 24.3 Å². The number of piperazine rings is 1. The molecule has 1 aliphatic heterocycles. The second-order valence-electron chi connectivity index (χ2n) is 9.05. The molecule has 1 fully saturated rings. The van der Waals surface area contributed by atoms with Crippen LogP contribution < -0.4 is 20.9 Å². The molecule has 0 saturated carbocycles. The highest BCUT2D eigenvalue weighted by Crippen LogP contribution is 2.34. The summed E-state index contributed by atoms with van der Waals surface area (Å²) in [5.74, 6) is -0.992. The molecule has 0 bridgehead atoms. The lowest BCUT2D eigenvalue weighted by atomic mass is 10.0. The number of carbonyl (C=O) groups is 1. The molecule has 0 radical (unpaired) electrons. The first-order valence-electron chi connectivity index (χ1n) is 11.1. The lowest BCUT2D eigenvalue weighted by Crippen LogP contribution is -2.57. The van der Waals surface area contributed by atoms with E-state index in [0.29, 0.717) is 33.5 Å². The van der Waals surface area contributed by atoms with Crippen LogP contribution in [0.15, 0.2) is 54.6 Å². The van der Waals surface area contributed by atoms with E-state index in [4.69, 9.17) is 23.2 Å². The summed E-state index contributed by atoms with van der Waals surface area (Å²) in [6.45, 7) is 8.27. The molecule has 1 amide bonds. The number of halogens is 3. The molecule has 3 aromatic rings. The average molecular weight is 501 g/mol. The molecule has 5 nitrogen and oxygen atoms in total. The van der Waals surface area contributed by atoms with Crippen molar-refractivity contribution in [1.29, 1.82) is 0 Å². The average Bonchev–Trinajstić information content (AvgIpc) is 2.78. The van der Waals surface area contributed by atoms with E-state index in [0.717, 1.165) is 24.3 Å². The Morgan fingerprint density at radius 3 is 2.53 bits per heavy atom. The van der Waals surface area contributed by atoms with Crippen molar-refractivity contribution in [2.24, 2.45) is 0 Å². The third-order valence-electron chi connectivity index (χ3n) is 5.91. The zero-order valence-electron chi connectivity index (χ0n) is 19.3. The van der Waals surface area contributed by atoms with E-state index in [1.165, 1.54) is 12.1 Å². The van der Waals surface area contributed by atoms with E-state index in [2.05, 4.69) is 34.7 Å². The molecule has 1 saturated heterocycles. The maximum Gasteiger partial charge on any atom is 0.257 e. The summed E-state index contributed by atoms with van der Waals surface area (Å²) < 4.78 is 15.1. The molecule has 0 aliphatic carbocycles. The summed E-state index contributed by atoms with van der Waals surface area (Å²) in [6, 6.07) is 15.4. The number of carbonyl (C=O) groups excluding carboxylic acids is 1. The van der Waals surface area contributed by atoms with Crippen LogP contribution in [-0.4, -0.2) is 31.1 Å². The van der Waals surface area contributed by atoms with Gasteiger partial charge >= 0.3 is 0 Å². The first-order valence-corrected chi connectivity index (χ1v) is 11.8. The highest BCUT2D eigenvalue weighted by Gasteiger charge is 2.27. The number of hydrogen-bond donors (Lipinski definition) is 3.